The Morgan fingerprint density at radius 2 is 1.82 bits per heavy atom. The molecule has 2 aromatic rings. The van der Waals surface area contributed by atoms with Crippen molar-refractivity contribution in [3.05, 3.63) is 52.6 Å². The van der Waals surface area contributed by atoms with Crippen LogP contribution in [-0.2, 0) is 0 Å². The standard InChI is InChI=1S/C12H7NO3S/c14-13(15)8-5-6-10-12(7-8)17-11-4-2-1-3-9(11)16-10/h1-7H. The Balaban J connectivity index is 2.06. The van der Waals surface area contributed by atoms with Gasteiger partial charge >= 0.3 is 0 Å². The second-order valence-electron chi connectivity index (χ2n) is 3.54. The average molecular weight is 245 g/mol. The van der Waals surface area contributed by atoms with E-state index >= 15 is 0 Å². The number of rotatable bonds is 1. The van der Waals surface area contributed by atoms with Crippen LogP contribution in [-0.4, -0.2) is 4.92 Å². The molecular weight excluding hydrogens is 238 g/mol. The lowest BCUT2D eigenvalue weighted by Crippen LogP contribution is -1.96. The average Bonchev–Trinajstić information content (AvgIpc) is 2.35. The number of fused-ring (bicyclic) bond motifs is 2. The molecule has 0 radical (unpaired) electrons. The highest BCUT2D eigenvalue weighted by Gasteiger charge is 2.19. The van der Waals surface area contributed by atoms with Crippen molar-refractivity contribution in [2.24, 2.45) is 0 Å². The van der Waals surface area contributed by atoms with Crippen LogP contribution in [0.2, 0.25) is 0 Å². The molecule has 0 aromatic heterocycles. The van der Waals surface area contributed by atoms with E-state index < -0.39 is 4.92 Å². The largest absolute Gasteiger partial charge is 0.455 e. The molecule has 0 N–H and O–H groups in total. The number of nitrogens with zero attached hydrogens (tertiary/aromatic N) is 1. The van der Waals surface area contributed by atoms with Crippen molar-refractivity contribution >= 4 is 17.4 Å². The summed E-state index contributed by atoms with van der Waals surface area (Å²) >= 11 is 1.48. The Morgan fingerprint density at radius 3 is 2.65 bits per heavy atom. The lowest BCUT2D eigenvalue weighted by atomic mass is 10.3. The smallest absolute Gasteiger partial charge is 0.270 e. The van der Waals surface area contributed by atoms with Gasteiger partial charge in [0.15, 0.2) is 0 Å². The number of hydrogen-bond acceptors (Lipinski definition) is 4. The van der Waals surface area contributed by atoms with E-state index in [0.29, 0.717) is 5.75 Å². The molecule has 84 valence electrons. The minimum absolute atomic E-state index is 0.0826. The van der Waals surface area contributed by atoms with Crippen molar-refractivity contribution in [3.8, 4) is 11.5 Å². The zero-order chi connectivity index (χ0) is 11.8. The van der Waals surface area contributed by atoms with Gasteiger partial charge in [0.2, 0.25) is 0 Å². The van der Waals surface area contributed by atoms with Gasteiger partial charge in [0.1, 0.15) is 11.5 Å². The van der Waals surface area contributed by atoms with Crippen molar-refractivity contribution in [1.82, 2.24) is 0 Å². The van der Waals surface area contributed by atoms with E-state index in [1.54, 1.807) is 6.07 Å². The van der Waals surface area contributed by atoms with Crippen molar-refractivity contribution in [2.45, 2.75) is 9.79 Å². The molecule has 0 aliphatic carbocycles. The van der Waals surface area contributed by atoms with Gasteiger partial charge in [0.05, 0.1) is 14.7 Å². The molecule has 1 aliphatic heterocycles. The number of benzene rings is 2. The van der Waals surface area contributed by atoms with E-state index in [0.717, 1.165) is 15.5 Å². The van der Waals surface area contributed by atoms with Gasteiger partial charge in [0, 0.05) is 12.1 Å². The maximum atomic E-state index is 10.7. The van der Waals surface area contributed by atoms with E-state index in [-0.39, 0.29) is 5.69 Å². The van der Waals surface area contributed by atoms with E-state index in [1.165, 1.54) is 23.9 Å². The van der Waals surface area contributed by atoms with Crippen LogP contribution in [0, 0.1) is 10.1 Å². The fraction of sp³-hybridized carbons (Fsp3) is 0. The number of ether oxygens (including phenoxy) is 1. The monoisotopic (exact) mass is 245 g/mol. The molecule has 5 heteroatoms. The highest BCUT2D eigenvalue weighted by atomic mass is 32.2. The van der Waals surface area contributed by atoms with Gasteiger partial charge < -0.3 is 4.74 Å². The Hall–Kier alpha value is -2.01. The Morgan fingerprint density at radius 1 is 1.06 bits per heavy atom. The lowest BCUT2D eigenvalue weighted by Gasteiger charge is -2.18. The highest BCUT2D eigenvalue weighted by Crippen LogP contribution is 2.47. The third-order valence-corrected chi connectivity index (χ3v) is 3.52. The molecule has 0 spiro atoms. The van der Waals surface area contributed by atoms with Crippen LogP contribution >= 0.6 is 11.8 Å². The summed E-state index contributed by atoms with van der Waals surface area (Å²) in [5.74, 6) is 1.46. The van der Waals surface area contributed by atoms with Crippen LogP contribution < -0.4 is 4.74 Å². The second-order valence-corrected chi connectivity index (χ2v) is 4.62. The van der Waals surface area contributed by atoms with Crippen LogP contribution in [0.5, 0.6) is 11.5 Å². The molecular formula is C12H7NO3S. The number of nitro benzene ring substituents is 1. The zero-order valence-corrected chi connectivity index (χ0v) is 9.44. The van der Waals surface area contributed by atoms with E-state index in [1.807, 2.05) is 24.3 Å². The predicted molar refractivity (Wildman–Crippen MR) is 63.7 cm³/mol. The quantitative estimate of drug-likeness (QED) is 0.482. The molecule has 17 heavy (non-hydrogen) atoms. The molecule has 0 unspecified atom stereocenters. The second kappa shape index (κ2) is 3.78. The maximum absolute atomic E-state index is 10.7. The summed E-state index contributed by atoms with van der Waals surface area (Å²) in [4.78, 5) is 12.0. The summed E-state index contributed by atoms with van der Waals surface area (Å²) in [5.41, 5.74) is 0.0826. The van der Waals surface area contributed by atoms with Gasteiger partial charge in [-0.1, -0.05) is 23.9 Å². The predicted octanol–water partition coefficient (Wildman–Crippen LogP) is 3.85. The molecule has 1 aliphatic rings. The Bertz CT molecular complexity index is 612. The normalized spacial score (nSPS) is 12.2. The third kappa shape index (κ3) is 1.74. The molecule has 0 atom stereocenters. The van der Waals surface area contributed by atoms with Gasteiger partial charge in [-0.3, -0.25) is 10.1 Å². The minimum Gasteiger partial charge on any atom is -0.455 e. The van der Waals surface area contributed by atoms with Crippen LogP contribution in [0.3, 0.4) is 0 Å². The molecule has 4 nitrogen and oxygen atoms in total. The van der Waals surface area contributed by atoms with Gasteiger partial charge in [-0.2, -0.15) is 0 Å². The third-order valence-electron chi connectivity index (χ3n) is 2.43. The van der Waals surface area contributed by atoms with Gasteiger partial charge in [-0.25, -0.2) is 0 Å². The van der Waals surface area contributed by atoms with Crippen molar-refractivity contribution in [1.29, 1.82) is 0 Å². The van der Waals surface area contributed by atoms with E-state index in [2.05, 4.69) is 0 Å². The fourth-order valence-corrected chi connectivity index (χ4v) is 2.61. The summed E-state index contributed by atoms with van der Waals surface area (Å²) in [6, 6.07) is 12.3. The Labute approximate surface area is 101 Å². The van der Waals surface area contributed by atoms with Gasteiger partial charge in [-0.05, 0) is 18.2 Å². The van der Waals surface area contributed by atoms with Crippen molar-refractivity contribution in [2.75, 3.05) is 0 Å². The molecule has 1 heterocycles. The number of hydrogen-bond donors (Lipinski definition) is 0. The lowest BCUT2D eigenvalue weighted by molar-refractivity contribution is -0.385. The summed E-state index contributed by atoms with van der Waals surface area (Å²) in [6.45, 7) is 0. The minimum atomic E-state index is -0.401. The molecule has 2 aromatic carbocycles. The molecule has 3 rings (SSSR count). The van der Waals surface area contributed by atoms with E-state index in [4.69, 9.17) is 4.74 Å². The SMILES string of the molecule is O=[N+]([O-])c1ccc2c(c1)Sc1ccccc1O2. The fourth-order valence-electron chi connectivity index (χ4n) is 1.63. The van der Waals surface area contributed by atoms with Gasteiger partial charge in [0.25, 0.3) is 5.69 Å². The first-order chi connectivity index (χ1) is 8.24. The first kappa shape index (κ1) is 10.2. The number of non-ortho nitro benzene ring substituents is 1. The maximum Gasteiger partial charge on any atom is 0.270 e. The van der Waals surface area contributed by atoms with Crippen LogP contribution in [0.1, 0.15) is 0 Å². The molecule has 0 fully saturated rings. The summed E-state index contributed by atoms with van der Waals surface area (Å²) in [5, 5.41) is 10.7. The van der Waals surface area contributed by atoms with Crippen LogP contribution in [0.25, 0.3) is 0 Å². The summed E-state index contributed by atoms with van der Waals surface area (Å²) in [6.07, 6.45) is 0. The molecule has 0 saturated carbocycles. The zero-order valence-electron chi connectivity index (χ0n) is 8.62. The van der Waals surface area contributed by atoms with Crippen molar-refractivity contribution < 1.29 is 9.66 Å². The van der Waals surface area contributed by atoms with Crippen LogP contribution in [0.15, 0.2) is 52.3 Å². The topological polar surface area (TPSA) is 52.4 Å². The number of para-hydroxylation sites is 1. The summed E-state index contributed by atoms with van der Waals surface area (Å²) < 4.78 is 5.67. The molecule has 0 amide bonds. The molecule has 0 bridgehead atoms. The first-order valence-corrected chi connectivity index (χ1v) is 5.79. The summed E-state index contributed by atoms with van der Waals surface area (Å²) in [7, 11) is 0. The van der Waals surface area contributed by atoms with Crippen molar-refractivity contribution in [3.63, 3.8) is 0 Å². The Kier molecular flexibility index (Phi) is 2.26. The molecule has 0 saturated heterocycles. The van der Waals surface area contributed by atoms with Crippen LogP contribution in [0.4, 0.5) is 5.69 Å². The first-order valence-electron chi connectivity index (χ1n) is 4.97. The van der Waals surface area contributed by atoms with E-state index in [9.17, 15) is 10.1 Å². The highest BCUT2D eigenvalue weighted by molar-refractivity contribution is 7.99. The number of nitro groups is 1. The van der Waals surface area contributed by atoms with Gasteiger partial charge in [-0.15, -0.1) is 0 Å².